The lowest BCUT2D eigenvalue weighted by atomic mass is 10.2. The van der Waals surface area contributed by atoms with E-state index in [0.29, 0.717) is 16.9 Å². The normalized spacial score (nSPS) is 11.0. The molecule has 132 valence electrons. The number of aromatic nitrogens is 1. The van der Waals surface area contributed by atoms with Gasteiger partial charge in [0.1, 0.15) is 5.69 Å². The summed E-state index contributed by atoms with van der Waals surface area (Å²) in [5.41, 5.74) is 2.94. The highest BCUT2D eigenvalue weighted by molar-refractivity contribution is 7.92. The van der Waals surface area contributed by atoms with Gasteiger partial charge in [0.05, 0.1) is 11.6 Å². The average molecular weight is 368 g/mol. The van der Waals surface area contributed by atoms with E-state index in [1.54, 1.807) is 62.4 Å². The maximum Gasteiger partial charge on any atom is 0.267 e. The summed E-state index contributed by atoms with van der Waals surface area (Å²) in [7, 11) is -3.77. The van der Waals surface area contributed by atoms with E-state index in [9.17, 15) is 8.42 Å². The Morgan fingerprint density at radius 1 is 0.962 bits per heavy atom. The number of anilines is 3. The first-order valence-corrected chi connectivity index (χ1v) is 9.20. The van der Waals surface area contributed by atoms with Crippen LogP contribution in [0.3, 0.4) is 0 Å². The SMILES string of the molecule is Cc1noc(C)c1S(=O)(=O)Nc1ccc(Nc2ccc(C#N)cc2)cc1. The van der Waals surface area contributed by atoms with Crippen LogP contribution in [0.4, 0.5) is 17.1 Å². The summed E-state index contributed by atoms with van der Waals surface area (Å²) in [6.45, 7) is 3.13. The van der Waals surface area contributed by atoms with Gasteiger partial charge in [-0.2, -0.15) is 5.26 Å². The van der Waals surface area contributed by atoms with Crippen molar-refractivity contribution in [1.29, 1.82) is 5.26 Å². The zero-order valence-electron chi connectivity index (χ0n) is 14.1. The minimum atomic E-state index is -3.77. The fourth-order valence-electron chi connectivity index (χ4n) is 2.48. The van der Waals surface area contributed by atoms with Gasteiger partial charge in [0.15, 0.2) is 10.7 Å². The molecule has 0 saturated carbocycles. The predicted molar refractivity (Wildman–Crippen MR) is 97.7 cm³/mol. The van der Waals surface area contributed by atoms with Crippen LogP contribution in [0.25, 0.3) is 0 Å². The van der Waals surface area contributed by atoms with E-state index in [4.69, 9.17) is 9.78 Å². The summed E-state index contributed by atoms with van der Waals surface area (Å²) < 4.78 is 32.4. The summed E-state index contributed by atoms with van der Waals surface area (Å²) in [6.07, 6.45) is 0. The van der Waals surface area contributed by atoms with Gasteiger partial charge < -0.3 is 9.84 Å². The molecule has 7 nitrogen and oxygen atoms in total. The van der Waals surface area contributed by atoms with E-state index in [2.05, 4.69) is 21.3 Å². The zero-order chi connectivity index (χ0) is 18.7. The van der Waals surface area contributed by atoms with Gasteiger partial charge in [-0.3, -0.25) is 4.72 Å². The quantitative estimate of drug-likeness (QED) is 0.711. The predicted octanol–water partition coefficient (Wildman–Crippen LogP) is 3.71. The van der Waals surface area contributed by atoms with Crippen molar-refractivity contribution < 1.29 is 12.9 Å². The van der Waals surface area contributed by atoms with Crippen molar-refractivity contribution in [3.05, 3.63) is 65.5 Å². The van der Waals surface area contributed by atoms with Gasteiger partial charge in [0.2, 0.25) is 0 Å². The molecule has 0 saturated heterocycles. The fourth-order valence-corrected chi connectivity index (χ4v) is 3.87. The molecular formula is C18H16N4O3S. The molecule has 2 N–H and O–H groups in total. The minimum Gasteiger partial charge on any atom is -0.360 e. The number of nitrogens with one attached hydrogen (secondary N) is 2. The third kappa shape index (κ3) is 3.68. The average Bonchev–Trinajstić information content (AvgIpc) is 2.96. The number of hydrogen-bond acceptors (Lipinski definition) is 6. The smallest absolute Gasteiger partial charge is 0.267 e. The summed E-state index contributed by atoms with van der Waals surface area (Å²) in [6, 6.07) is 15.9. The highest BCUT2D eigenvalue weighted by Crippen LogP contribution is 2.24. The Bertz CT molecular complexity index is 1040. The van der Waals surface area contributed by atoms with Crippen LogP contribution in [-0.2, 0) is 10.0 Å². The van der Waals surface area contributed by atoms with Crippen LogP contribution >= 0.6 is 0 Å². The summed E-state index contributed by atoms with van der Waals surface area (Å²) in [4.78, 5) is 0.0530. The molecule has 0 atom stereocenters. The van der Waals surface area contributed by atoms with Crippen LogP contribution in [0, 0.1) is 25.2 Å². The Morgan fingerprint density at radius 2 is 1.50 bits per heavy atom. The van der Waals surface area contributed by atoms with E-state index in [1.165, 1.54) is 0 Å². The molecule has 1 heterocycles. The van der Waals surface area contributed by atoms with Crippen LogP contribution in [0.15, 0.2) is 57.9 Å². The Morgan fingerprint density at radius 3 is 2.00 bits per heavy atom. The Labute approximate surface area is 151 Å². The van der Waals surface area contributed by atoms with Crippen molar-refractivity contribution >= 4 is 27.1 Å². The second-order valence-electron chi connectivity index (χ2n) is 5.65. The van der Waals surface area contributed by atoms with Gasteiger partial charge in [-0.25, -0.2) is 8.42 Å². The molecule has 0 fully saturated rings. The molecule has 3 aromatic rings. The first-order valence-electron chi connectivity index (χ1n) is 7.72. The highest BCUT2D eigenvalue weighted by Gasteiger charge is 2.24. The molecule has 0 aliphatic carbocycles. The molecule has 0 bridgehead atoms. The van der Waals surface area contributed by atoms with E-state index in [0.717, 1.165) is 11.4 Å². The molecule has 1 aromatic heterocycles. The molecule has 0 amide bonds. The van der Waals surface area contributed by atoms with Gasteiger partial charge in [0, 0.05) is 17.1 Å². The van der Waals surface area contributed by atoms with E-state index in [1.807, 2.05) is 0 Å². The highest BCUT2D eigenvalue weighted by atomic mass is 32.2. The Balaban J connectivity index is 1.74. The van der Waals surface area contributed by atoms with E-state index >= 15 is 0 Å². The number of benzene rings is 2. The van der Waals surface area contributed by atoms with Gasteiger partial charge in [-0.15, -0.1) is 0 Å². The lowest BCUT2D eigenvalue weighted by molar-refractivity contribution is 0.390. The van der Waals surface area contributed by atoms with E-state index < -0.39 is 10.0 Å². The second-order valence-corrected chi connectivity index (χ2v) is 7.27. The molecule has 3 rings (SSSR count). The number of rotatable bonds is 5. The maximum absolute atomic E-state index is 12.5. The Hall–Kier alpha value is -3.31. The van der Waals surface area contributed by atoms with Crippen molar-refractivity contribution in [2.24, 2.45) is 0 Å². The maximum atomic E-state index is 12.5. The lowest BCUT2D eigenvalue weighted by Crippen LogP contribution is -2.14. The standard InChI is InChI=1S/C18H16N4O3S/c1-12-18(13(2)25-21-12)26(23,24)22-17-9-7-16(8-10-17)20-15-5-3-14(11-19)4-6-15/h3-10,20,22H,1-2H3. The zero-order valence-corrected chi connectivity index (χ0v) is 15.0. The van der Waals surface area contributed by atoms with Crippen LogP contribution in [0.2, 0.25) is 0 Å². The molecular weight excluding hydrogens is 352 g/mol. The third-order valence-corrected chi connectivity index (χ3v) is 5.30. The van der Waals surface area contributed by atoms with Crippen molar-refractivity contribution in [3.8, 4) is 6.07 Å². The number of nitriles is 1. The number of sulfonamides is 1. The van der Waals surface area contributed by atoms with Crippen LogP contribution in [-0.4, -0.2) is 13.6 Å². The van der Waals surface area contributed by atoms with E-state index in [-0.39, 0.29) is 10.7 Å². The molecule has 0 aliphatic heterocycles. The van der Waals surface area contributed by atoms with Crippen molar-refractivity contribution in [1.82, 2.24) is 5.16 Å². The monoisotopic (exact) mass is 368 g/mol. The molecule has 0 spiro atoms. The largest absolute Gasteiger partial charge is 0.360 e. The molecule has 26 heavy (non-hydrogen) atoms. The van der Waals surface area contributed by atoms with Gasteiger partial charge in [0.25, 0.3) is 10.0 Å². The Kier molecular flexibility index (Phi) is 4.65. The second kappa shape index (κ2) is 6.90. The number of hydrogen-bond donors (Lipinski definition) is 2. The third-order valence-electron chi connectivity index (χ3n) is 3.68. The van der Waals surface area contributed by atoms with Crippen LogP contribution in [0.1, 0.15) is 17.0 Å². The topological polar surface area (TPSA) is 108 Å². The molecule has 0 unspecified atom stereocenters. The van der Waals surface area contributed by atoms with Crippen molar-refractivity contribution in [2.75, 3.05) is 10.0 Å². The fraction of sp³-hybridized carbons (Fsp3) is 0.111. The molecule has 2 aromatic carbocycles. The first-order chi connectivity index (χ1) is 12.4. The molecule has 8 heteroatoms. The number of aryl methyl sites for hydroxylation is 2. The minimum absolute atomic E-state index is 0.0530. The molecule has 0 aliphatic rings. The first kappa shape index (κ1) is 17.5. The molecule has 0 radical (unpaired) electrons. The number of nitrogens with zero attached hydrogens (tertiary/aromatic N) is 2. The van der Waals surface area contributed by atoms with Crippen LogP contribution in [0.5, 0.6) is 0 Å². The van der Waals surface area contributed by atoms with Gasteiger partial charge in [-0.05, 0) is 62.4 Å². The summed E-state index contributed by atoms with van der Waals surface area (Å²) in [5.74, 6) is 0.245. The van der Waals surface area contributed by atoms with Gasteiger partial charge in [-0.1, -0.05) is 5.16 Å². The van der Waals surface area contributed by atoms with Crippen molar-refractivity contribution in [3.63, 3.8) is 0 Å². The van der Waals surface area contributed by atoms with Gasteiger partial charge >= 0.3 is 0 Å². The lowest BCUT2D eigenvalue weighted by Gasteiger charge is -2.10. The van der Waals surface area contributed by atoms with Crippen LogP contribution < -0.4 is 10.0 Å². The summed E-state index contributed by atoms with van der Waals surface area (Å²) in [5, 5.41) is 15.7. The van der Waals surface area contributed by atoms with Crippen molar-refractivity contribution in [2.45, 2.75) is 18.7 Å². The summed E-state index contributed by atoms with van der Waals surface area (Å²) >= 11 is 0.